The Labute approximate surface area is 158 Å². The summed E-state index contributed by atoms with van der Waals surface area (Å²) in [5.74, 6) is 0.856. The fourth-order valence-electron chi connectivity index (χ4n) is 2.92. The number of hydrogen-bond donors (Lipinski definition) is 0. The molecule has 0 N–H and O–H groups in total. The maximum absolute atomic E-state index is 5.57. The summed E-state index contributed by atoms with van der Waals surface area (Å²) in [5.41, 5.74) is 4.49. The molecule has 26 heavy (non-hydrogen) atoms. The van der Waals surface area contributed by atoms with Crippen LogP contribution in [0.1, 0.15) is 16.7 Å². The zero-order valence-electron chi connectivity index (χ0n) is 15.5. The molecule has 0 spiro atoms. The summed E-state index contributed by atoms with van der Waals surface area (Å²) < 4.78 is 9.21. The van der Waals surface area contributed by atoms with Crippen LogP contribution in [-0.4, -0.2) is 38.8 Å². The van der Waals surface area contributed by atoms with E-state index in [4.69, 9.17) is 17.0 Å². The molecule has 3 aromatic rings. The van der Waals surface area contributed by atoms with Crippen molar-refractivity contribution in [1.82, 2.24) is 24.7 Å². The van der Waals surface area contributed by atoms with E-state index in [-0.39, 0.29) is 0 Å². The number of benzene rings is 2. The van der Waals surface area contributed by atoms with Crippen LogP contribution in [0.25, 0.3) is 5.69 Å². The summed E-state index contributed by atoms with van der Waals surface area (Å²) in [6.07, 6.45) is 0. The topological polar surface area (TPSA) is 48.1 Å². The SMILES string of the molecule is COc1ccc(CN(C)Cn2nnn(-c3cc(C)cc(C)c3)c2=S)cc1. The number of aryl methyl sites for hydroxylation is 2. The summed E-state index contributed by atoms with van der Waals surface area (Å²) in [6, 6.07) is 14.3. The Balaban J connectivity index is 1.74. The predicted octanol–water partition coefficient (Wildman–Crippen LogP) is 3.51. The van der Waals surface area contributed by atoms with E-state index in [9.17, 15) is 0 Å². The molecule has 0 bridgehead atoms. The van der Waals surface area contributed by atoms with Gasteiger partial charge in [-0.05, 0) is 84.5 Å². The number of rotatable bonds is 6. The van der Waals surface area contributed by atoms with Crippen molar-refractivity contribution in [1.29, 1.82) is 0 Å². The molecule has 0 amide bonds. The van der Waals surface area contributed by atoms with Crippen LogP contribution < -0.4 is 4.74 Å². The first-order valence-corrected chi connectivity index (χ1v) is 8.80. The molecule has 2 aromatic carbocycles. The van der Waals surface area contributed by atoms with Crippen molar-refractivity contribution >= 4 is 12.2 Å². The van der Waals surface area contributed by atoms with E-state index < -0.39 is 0 Å². The van der Waals surface area contributed by atoms with Crippen LogP contribution in [0.3, 0.4) is 0 Å². The van der Waals surface area contributed by atoms with E-state index in [0.29, 0.717) is 11.4 Å². The van der Waals surface area contributed by atoms with Gasteiger partial charge in [0.05, 0.1) is 19.5 Å². The van der Waals surface area contributed by atoms with Gasteiger partial charge in [-0.3, -0.25) is 4.90 Å². The van der Waals surface area contributed by atoms with Crippen LogP contribution in [0.15, 0.2) is 42.5 Å². The highest BCUT2D eigenvalue weighted by molar-refractivity contribution is 7.71. The Kier molecular flexibility index (Phi) is 5.49. The van der Waals surface area contributed by atoms with E-state index in [2.05, 4.69) is 59.5 Å². The van der Waals surface area contributed by atoms with Crippen LogP contribution in [-0.2, 0) is 13.2 Å². The normalized spacial score (nSPS) is 11.1. The van der Waals surface area contributed by atoms with Gasteiger partial charge in [0.15, 0.2) is 0 Å². The highest BCUT2D eigenvalue weighted by Gasteiger charge is 2.09. The van der Waals surface area contributed by atoms with Gasteiger partial charge < -0.3 is 4.74 Å². The molecule has 0 aliphatic heterocycles. The second kappa shape index (κ2) is 7.80. The van der Waals surface area contributed by atoms with Crippen molar-refractivity contribution in [2.45, 2.75) is 27.1 Å². The molecular formula is C19H23N5OS. The Morgan fingerprint density at radius 1 is 1.04 bits per heavy atom. The van der Waals surface area contributed by atoms with E-state index >= 15 is 0 Å². The van der Waals surface area contributed by atoms with Crippen molar-refractivity contribution in [3.05, 3.63) is 63.9 Å². The third kappa shape index (κ3) is 4.17. The average molecular weight is 369 g/mol. The molecule has 1 aromatic heterocycles. The first-order valence-electron chi connectivity index (χ1n) is 8.39. The number of hydrogen-bond acceptors (Lipinski definition) is 5. The fraction of sp³-hybridized carbons (Fsp3) is 0.316. The minimum atomic E-state index is 0.565. The van der Waals surface area contributed by atoms with Crippen molar-refractivity contribution in [3.8, 4) is 11.4 Å². The third-order valence-electron chi connectivity index (χ3n) is 4.08. The smallest absolute Gasteiger partial charge is 0.221 e. The minimum Gasteiger partial charge on any atom is -0.497 e. The zero-order valence-corrected chi connectivity index (χ0v) is 16.3. The molecule has 136 valence electrons. The molecule has 0 fully saturated rings. The molecule has 0 aliphatic carbocycles. The standard InChI is InChI=1S/C19H23N5OS/c1-14-9-15(2)11-17(10-14)24-19(26)23(20-21-24)13-22(3)12-16-5-7-18(25-4)8-6-16/h5-11H,12-13H2,1-4H3. The monoisotopic (exact) mass is 369 g/mol. The molecule has 1 heterocycles. The molecule has 0 radical (unpaired) electrons. The first kappa shape index (κ1) is 18.3. The van der Waals surface area contributed by atoms with Gasteiger partial charge in [-0.15, -0.1) is 0 Å². The predicted molar refractivity (Wildman–Crippen MR) is 104 cm³/mol. The van der Waals surface area contributed by atoms with Crippen molar-refractivity contribution in [2.75, 3.05) is 14.2 Å². The lowest BCUT2D eigenvalue weighted by Crippen LogP contribution is -2.22. The van der Waals surface area contributed by atoms with Crippen molar-refractivity contribution in [3.63, 3.8) is 0 Å². The van der Waals surface area contributed by atoms with Gasteiger partial charge in [0.25, 0.3) is 0 Å². The van der Waals surface area contributed by atoms with Gasteiger partial charge in [-0.25, -0.2) is 4.68 Å². The lowest BCUT2D eigenvalue weighted by molar-refractivity contribution is 0.242. The maximum Gasteiger partial charge on any atom is 0.221 e. The second-order valence-electron chi connectivity index (χ2n) is 6.52. The molecule has 6 nitrogen and oxygen atoms in total. The number of aromatic nitrogens is 4. The second-order valence-corrected chi connectivity index (χ2v) is 6.89. The number of methoxy groups -OCH3 is 1. The summed E-state index contributed by atoms with van der Waals surface area (Å²) in [7, 11) is 3.70. The Hall–Kier alpha value is -2.51. The quantitative estimate of drug-likeness (QED) is 0.622. The van der Waals surface area contributed by atoms with Gasteiger partial charge in [-0.1, -0.05) is 18.2 Å². The first-order chi connectivity index (χ1) is 12.5. The van der Waals surface area contributed by atoms with Crippen molar-refractivity contribution in [2.24, 2.45) is 0 Å². The van der Waals surface area contributed by atoms with Crippen LogP contribution in [0.5, 0.6) is 5.75 Å². The number of tetrazole rings is 1. The Bertz CT molecular complexity index is 925. The summed E-state index contributed by atoms with van der Waals surface area (Å²) in [6.45, 7) is 5.47. The molecule has 7 heteroatoms. The highest BCUT2D eigenvalue weighted by Crippen LogP contribution is 2.14. The molecule has 0 atom stereocenters. The lowest BCUT2D eigenvalue weighted by atomic mass is 10.1. The minimum absolute atomic E-state index is 0.565. The summed E-state index contributed by atoms with van der Waals surface area (Å²) >= 11 is 5.57. The van der Waals surface area contributed by atoms with Gasteiger partial charge in [0.2, 0.25) is 4.77 Å². The van der Waals surface area contributed by atoms with E-state index in [0.717, 1.165) is 18.0 Å². The lowest BCUT2D eigenvalue weighted by Gasteiger charge is -2.16. The van der Waals surface area contributed by atoms with E-state index in [1.807, 2.05) is 19.2 Å². The maximum atomic E-state index is 5.57. The van der Waals surface area contributed by atoms with Crippen LogP contribution in [0.4, 0.5) is 0 Å². The Morgan fingerprint density at radius 3 is 2.31 bits per heavy atom. The molecule has 0 aliphatic rings. The molecular weight excluding hydrogens is 346 g/mol. The van der Waals surface area contributed by atoms with Gasteiger partial charge in [-0.2, -0.15) is 4.68 Å². The molecule has 0 saturated carbocycles. The van der Waals surface area contributed by atoms with Crippen LogP contribution in [0, 0.1) is 18.6 Å². The average Bonchev–Trinajstić information content (AvgIpc) is 2.95. The van der Waals surface area contributed by atoms with E-state index in [1.54, 1.807) is 16.5 Å². The van der Waals surface area contributed by atoms with Crippen LogP contribution >= 0.6 is 12.2 Å². The summed E-state index contributed by atoms with van der Waals surface area (Å²) in [4.78, 5) is 2.14. The van der Waals surface area contributed by atoms with Crippen molar-refractivity contribution < 1.29 is 4.74 Å². The number of nitrogens with zero attached hydrogens (tertiary/aromatic N) is 5. The highest BCUT2D eigenvalue weighted by atomic mass is 32.1. The molecule has 0 saturated heterocycles. The van der Waals surface area contributed by atoms with E-state index in [1.165, 1.54) is 16.7 Å². The zero-order chi connectivity index (χ0) is 18.7. The molecule has 3 rings (SSSR count). The third-order valence-corrected chi connectivity index (χ3v) is 4.46. The van der Waals surface area contributed by atoms with Gasteiger partial charge >= 0.3 is 0 Å². The van der Waals surface area contributed by atoms with Gasteiger partial charge in [0, 0.05) is 6.54 Å². The summed E-state index contributed by atoms with van der Waals surface area (Å²) in [5, 5.41) is 8.46. The largest absolute Gasteiger partial charge is 0.497 e. The molecule has 0 unspecified atom stereocenters. The van der Waals surface area contributed by atoms with Crippen LogP contribution in [0.2, 0.25) is 0 Å². The Morgan fingerprint density at radius 2 is 1.69 bits per heavy atom. The number of ether oxygens (including phenoxy) is 1. The van der Waals surface area contributed by atoms with Gasteiger partial charge in [0.1, 0.15) is 5.75 Å². The fourth-order valence-corrected chi connectivity index (χ4v) is 3.16.